The predicted molar refractivity (Wildman–Crippen MR) is 148 cm³/mol. The van der Waals surface area contributed by atoms with Gasteiger partial charge >= 0.3 is 5.97 Å². The number of esters is 1. The Morgan fingerprint density at radius 2 is 1.67 bits per heavy atom. The van der Waals surface area contributed by atoms with Crippen molar-refractivity contribution in [1.82, 2.24) is 9.62 Å². The van der Waals surface area contributed by atoms with E-state index in [0.717, 1.165) is 23.1 Å². The molecule has 2 aliphatic rings. The molecule has 2 saturated heterocycles. The van der Waals surface area contributed by atoms with Gasteiger partial charge in [0.15, 0.2) is 22.9 Å². The minimum Gasteiger partial charge on any atom is -0.614 e. The summed E-state index contributed by atoms with van der Waals surface area (Å²) >= 11 is 5.48. The second-order valence-corrected chi connectivity index (χ2v) is 12.5. The first-order valence-corrected chi connectivity index (χ1v) is 14.6. The highest BCUT2D eigenvalue weighted by Crippen LogP contribution is 2.48. The fourth-order valence-electron chi connectivity index (χ4n) is 4.85. The number of β-lactam (4-membered cyclic amide) rings is 1. The Morgan fingerprint density at radius 1 is 1.10 bits per heavy atom. The number of ether oxygens (including phenoxy) is 1. The van der Waals surface area contributed by atoms with Gasteiger partial charge in [-0.15, -0.1) is 11.6 Å². The van der Waals surface area contributed by atoms with Crippen molar-refractivity contribution in [2.75, 3.05) is 5.88 Å². The van der Waals surface area contributed by atoms with Crippen LogP contribution >= 0.6 is 23.5 Å². The van der Waals surface area contributed by atoms with Gasteiger partial charge in [0, 0.05) is 6.07 Å². The van der Waals surface area contributed by atoms with Gasteiger partial charge in [0.25, 0.3) is 11.6 Å². The van der Waals surface area contributed by atoms with Crippen molar-refractivity contribution in [1.29, 1.82) is 0 Å². The zero-order chi connectivity index (χ0) is 27.7. The highest BCUT2D eigenvalue weighted by atomic mass is 35.5. The molecule has 3 aromatic rings. The summed E-state index contributed by atoms with van der Waals surface area (Å²) in [6.45, 7) is 1.61. The molecule has 1 unspecified atom stereocenters. The highest BCUT2D eigenvalue weighted by Gasteiger charge is 2.74. The number of benzene rings is 3. The van der Waals surface area contributed by atoms with Gasteiger partial charge in [-0.25, -0.2) is 9.52 Å². The van der Waals surface area contributed by atoms with Crippen LogP contribution in [-0.4, -0.2) is 54.3 Å². The SMILES string of the molecule is C[C@]1(CCl)[C@H](C(=O)OC(c2ccccc2)c2ccccc2)N2C(=O)[C@@H](NSc3ccccc3[N+](=O)[O-])[C@@H]2[S+]1[O-]. The number of hydrogen-bond acceptors (Lipinski definition) is 8. The van der Waals surface area contributed by atoms with Crippen molar-refractivity contribution in [2.24, 2.45) is 0 Å². The van der Waals surface area contributed by atoms with Crippen LogP contribution in [0.5, 0.6) is 0 Å². The molecule has 0 bridgehead atoms. The molecule has 3 aromatic carbocycles. The summed E-state index contributed by atoms with van der Waals surface area (Å²) in [4.78, 5) is 39.5. The Balaban J connectivity index is 1.39. The summed E-state index contributed by atoms with van der Waals surface area (Å²) in [6, 6.07) is 22.5. The van der Waals surface area contributed by atoms with Crippen molar-refractivity contribution >= 4 is 52.3 Å². The maximum absolute atomic E-state index is 13.8. The molecule has 202 valence electrons. The van der Waals surface area contributed by atoms with E-state index in [2.05, 4.69) is 4.72 Å². The normalized spacial score (nSPS) is 25.7. The first kappa shape index (κ1) is 27.5. The van der Waals surface area contributed by atoms with E-state index in [1.165, 1.54) is 11.0 Å². The number of nitro benzene ring substituents is 1. The summed E-state index contributed by atoms with van der Waals surface area (Å²) in [5, 5.41) is 10.5. The van der Waals surface area contributed by atoms with E-state index >= 15 is 0 Å². The molecule has 0 aromatic heterocycles. The number of amides is 1. The van der Waals surface area contributed by atoms with Crippen molar-refractivity contribution < 1.29 is 23.8 Å². The summed E-state index contributed by atoms with van der Waals surface area (Å²) in [7, 11) is 0. The highest BCUT2D eigenvalue weighted by molar-refractivity contribution is 7.97. The van der Waals surface area contributed by atoms with E-state index < -0.39 is 56.3 Å². The topological polar surface area (TPSA) is 125 Å². The summed E-state index contributed by atoms with van der Waals surface area (Å²) in [5.74, 6) is -1.30. The molecule has 1 amide bonds. The fraction of sp³-hybridized carbons (Fsp3) is 0.259. The molecule has 0 radical (unpaired) electrons. The molecule has 1 N–H and O–H groups in total. The van der Waals surface area contributed by atoms with Gasteiger partial charge < -0.3 is 9.29 Å². The van der Waals surface area contributed by atoms with Gasteiger partial charge in [0.05, 0.1) is 10.8 Å². The van der Waals surface area contributed by atoms with Crippen LogP contribution in [0.15, 0.2) is 89.8 Å². The minimum absolute atomic E-state index is 0.119. The number of para-hydroxylation sites is 1. The van der Waals surface area contributed by atoms with E-state index in [0.29, 0.717) is 4.90 Å². The quantitative estimate of drug-likeness (QED) is 0.0754. The lowest BCUT2D eigenvalue weighted by molar-refractivity contribution is -0.387. The second kappa shape index (κ2) is 11.2. The third-order valence-electron chi connectivity index (χ3n) is 6.90. The largest absolute Gasteiger partial charge is 0.614 e. The first-order chi connectivity index (χ1) is 18.8. The lowest BCUT2D eigenvalue weighted by Gasteiger charge is -2.41. The van der Waals surface area contributed by atoms with Crippen LogP contribution in [-0.2, 0) is 25.5 Å². The van der Waals surface area contributed by atoms with Gasteiger partial charge in [0.1, 0.15) is 4.90 Å². The average molecular weight is 586 g/mol. The molecular formula is C27H24ClN3O6S2. The monoisotopic (exact) mass is 585 g/mol. The van der Waals surface area contributed by atoms with E-state index in [9.17, 15) is 24.3 Å². The lowest BCUT2D eigenvalue weighted by atomic mass is 9.95. The molecule has 5 rings (SSSR count). The third-order valence-corrected chi connectivity index (χ3v) is 10.8. The van der Waals surface area contributed by atoms with Crippen LogP contribution in [0.3, 0.4) is 0 Å². The molecule has 0 saturated carbocycles. The van der Waals surface area contributed by atoms with E-state index in [1.54, 1.807) is 25.1 Å². The molecule has 5 atom stereocenters. The number of halogens is 1. The average Bonchev–Trinajstić information content (AvgIpc) is 3.17. The molecule has 0 aliphatic carbocycles. The number of nitrogens with one attached hydrogen (secondary N) is 1. The van der Waals surface area contributed by atoms with Crippen LogP contribution in [0, 0.1) is 10.1 Å². The van der Waals surface area contributed by atoms with Gasteiger partial charge in [-0.05, 0) is 47.2 Å². The molecule has 9 nitrogen and oxygen atoms in total. The Labute approximate surface area is 237 Å². The summed E-state index contributed by atoms with van der Waals surface area (Å²) in [6.07, 6.45) is -0.744. The Bertz CT molecular complexity index is 1340. The summed E-state index contributed by atoms with van der Waals surface area (Å²) in [5.41, 5.74) is 1.37. The third kappa shape index (κ3) is 4.89. The Kier molecular flexibility index (Phi) is 7.88. The zero-order valence-corrected chi connectivity index (χ0v) is 23.0. The van der Waals surface area contributed by atoms with Gasteiger partial charge in [-0.3, -0.25) is 19.8 Å². The van der Waals surface area contributed by atoms with Crippen molar-refractivity contribution in [2.45, 2.75) is 40.1 Å². The van der Waals surface area contributed by atoms with Gasteiger partial charge in [-0.1, -0.05) is 72.8 Å². The molecule has 0 spiro atoms. The predicted octanol–water partition coefficient (Wildman–Crippen LogP) is 4.19. The van der Waals surface area contributed by atoms with Crippen LogP contribution in [0.25, 0.3) is 0 Å². The van der Waals surface area contributed by atoms with Gasteiger partial charge in [0.2, 0.25) is 5.37 Å². The van der Waals surface area contributed by atoms with E-state index in [1.807, 2.05) is 60.7 Å². The maximum atomic E-state index is 13.8. The standard InChI is InChI=1S/C27H24ClN3O6S2/c1-27(16-28)23(26(33)37-22(17-10-4-2-5-11-17)18-12-6-3-7-13-18)30-24(32)21(25(30)39(27)36)29-38-20-15-9-8-14-19(20)31(34)35/h2-15,21-23,25,29H,16H2,1H3/t21-,23+,25+,27+,39?/m1/s1. The van der Waals surface area contributed by atoms with Crippen molar-refractivity contribution in [3.05, 3.63) is 106 Å². The molecular weight excluding hydrogens is 562 g/mol. The maximum Gasteiger partial charge on any atom is 0.335 e. The number of alkyl halides is 1. The molecule has 39 heavy (non-hydrogen) atoms. The molecule has 2 heterocycles. The van der Waals surface area contributed by atoms with Crippen molar-refractivity contribution in [3.8, 4) is 0 Å². The number of fused-ring (bicyclic) bond motifs is 1. The molecule has 2 aliphatic heterocycles. The smallest absolute Gasteiger partial charge is 0.335 e. The van der Waals surface area contributed by atoms with Crippen LogP contribution in [0.2, 0.25) is 0 Å². The van der Waals surface area contributed by atoms with Crippen LogP contribution < -0.4 is 4.72 Å². The van der Waals surface area contributed by atoms with Gasteiger partial charge in [-0.2, -0.15) is 0 Å². The van der Waals surface area contributed by atoms with E-state index in [4.69, 9.17) is 16.3 Å². The molecule has 12 heteroatoms. The fourth-order valence-corrected chi connectivity index (χ4v) is 8.24. The number of hydrogen-bond donors (Lipinski definition) is 1. The number of carbonyl (C=O) groups excluding carboxylic acids is 2. The number of carbonyl (C=O) groups is 2. The number of nitrogens with zero attached hydrogens (tertiary/aromatic N) is 2. The van der Waals surface area contributed by atoms with Crippen LogP contribution in [0.1, 0.15) is 24.2 Å². The first-order valence-electron chi connectivity index (χ1n) is 12.0. The Morgan fingerprint density at radius 3 is 2.23 bits per heavy atom. The minimum atomic E-state index is -1.73. The van der Waals surface area contributed by atoms with Crippen LogP contribution in [0.4, 0.5) is 5.69 Å². The molecule has 2 fully saturated rings. The Hall–Kier alpha value is -3.09. The summed E-state index contributed by atoms with van der Waals surface area (Å²) < 4.78 is 21.4. The zero-order valence-electron chi connectivity index (χ0n) is 20.6. The lowest BCUT2D eigenvalue weighted by Crippen LogP contribution is -2.70. The number of nitro groups is 1. The second-order valence-electron chi connectivity index (χ2n) is 9.34. The van der Waals surface area contributed by atoms with E-state index in [-0.39, 0.29) is 11.6 Å². The van der Waals surface area contributed by atoms with Crippen molar-refractivity contribution in [3.63, 3.8) is 0 Å². The number of rotatable bonds is 9.